The summed E-state index contributed by atoms with van der Waals surface area (Å²) in [6.45, 7) is 4.71. The van der Waals surface area contributed by atoms with Crippen molar-refractivity contribution in [3.8, 4) is 0 Å². The number of aliphatic hydroxyl groups excluding tert-OH is 2. The fourth-order valence-corrected chi connectivity index (χ4v) is 2.70. The minimum atomic E-state index is 0.184. The van der Waals surface area contributed by atoms with E-state index in [1.165, 1.54) is 0 Å². The van der Waals surface area contributed by atoms with Gasteiger partial charge in [-0.1, -0.05) is 6.92 Å². The predicted molar refractivity (Wildman–Crippen MR) is 74.8 cm³/mol. The van der Waals surface area contributed by atoms with E-state index >= 15 is 0 Å². The molecule has 2 unspecified atom stereocenters. The maximum absolute atomic E-state index is 12.0. The number of rotatable bonds is 8. The van der Waals surface area contributed by atoms with Crippen LogP contribution in [0.4, 0.5) is 0 Å². The molecule has 0 radical (unpaired) electrons. The van der Waals surface area contributed by atoms with Crippen LogP contribution in [0.3, 0.4) is 0 Å². The summed E-state index contributed by atoms with van der Waals surface area (Å²) < 4.78 is 0. The Morgan fingerprint density at radius 3 is 2.74 bits per heavy atom. The molecule has 1 heterocycles. The quantitative estimate of drug-likeness (QED) is 0.558. The van der Waals surface area contributed by atoms with Gasteiger partial charge in [-0.05, 0) is 38.1 Å². The third-order valence-electron chi connectivity index (χ3n) is 3.66. The van der Waals surface area contributed by atoms with Crippen LogP contribution in [0.25, 0.3) is 0 Å². The Morgan fingerprint density at radius 1 is 1.32 bits per heavy atom. The first-order valence-corrected chi connectivity index (χ1v) is 7.44. The van der Waals surface area contributed by atoms with E-state index in [0.717, 1.165) is 45.3 Å². The van der Waals surface area contributed by atoms with Crippen LogP contribution >= 0.6 is 0 Å². The highest BCUT2D eigenvalue weighted by Gasteiger charge is 2.28. The van der Waals surface area contributed by atoms with Gasteiger partial charge in [-0.15, -0.1) is 0 Å². The molecule has 1 rings (SSSR count). The van der Waals surface area contributed by atoms with E-state index in [9.17, 15) is 4.79 Å². The predicted octanol–water partition coefficient (Wildman–Crippen LogP) is 0.358. The van der Waals surface area contributed by atoms with Crippen molar-refractivity contribution in [3.63, 3.8) is 0 Å². The van der Waals surface area contributed by atoms with Crippen molar-refractivity contribution in [1.82, 2.24) is 10.2 Å². The first kappa shape index (κ1) is 16.4. The van der Waals surface area contributed by atoms with Crippen LogP contribution in [0.1, 0.15) is 39.0 Å². The number of nitrogens with one attached hydrogen (secondary N) is 1. The van der Waals surface area contributed by atoms with Gasteiger partial charge in [0, 0.05) is 38.8 Å². The van der Waals surface area contributed by atoms with Gasteiger partial charge in [-0.25, -0.2) is 0 Å². The zero-order valence-electron chi connectivity index (χ0n) is 12.0. The molecule has 1 amide bonds. The van der Waals surface area contributed by atoms with Crippen LogP contribution in [0, 0.1) is 5.92 Å². The van der Waals surface area contributed by atoms with Gasteiger partial charge in [-0.3, -0.25) is 4.79 Å². The Balaban J connectivity index is 2.49. The molecular weight excluding hydrogens is 244 g/mol. The third kappa shape index (κ3) is 5.89. The van der Waals surface area contributed by atoms with Crippen LogP contribution in [0.15, 0.2) is 0 Å². The Bertz CT molecular complexity index is 261. The van der Waals surface area contributed by atoms with E-state index in [2.05, 4.69) is 5.32 Å². The van der Waals surface area contributed by atoms with Gasteiger partial charge in [0.2, 0.25) is 5.91 Å². The smallest absolute Gasteiger partial charge is 0.222 e. The highest BCUT2D eigenvalue weighted by Crippen LogP contribution is 2.20. The summed E-state index contributed by atoms with van der Waals surface area (Å²) in [7, 11) is 0. The molecule has 0 aromatic carbocycles. The summed E-state index contributed by atoms with van der Waals surface area (Å²) in [4.78, 5) is 14.0. The van der Waals surface area contributed by atoms with E-state index in [-0.39, 0.29) is 25.2 Å². The SMILES string of the molecule is CCCC(=O)N1CC(CCO)CC(NCCCO)C1. The molecule has 0 bridgehead atoms. The maximum atomic E-state index is 12.0. The van der Waals surface area contributed by atoms with Crippen LogP contribution in [0.5, 0.6) is 0 Å². The molecule has 2 atom stereocenters. The topological polar surface area (TPSA) is 72.8 Å². The number of likely N-dealkylation sites (tertiary alicyclic amines) is 1. The second-order valence-electron chi connectivity index (χ2n) is 5.39. The first-order valence-electron chi connectivity index (χ1n) is 7.44. The van der Waals surface area contributed by atoms with E-state index in [4.69, 9.17) is 10.2 Å². The summed E-state index contributed by atoms with van der Waals surface area (Å²) in [6, 6.07) is 0.289. The second kappa shape index (κ2) is 9.28. The lowest BCUT2D eigenvalue weighted by Gasteiger charge is -2.38. The van der Waals surface area contributed by atoms with Crippen LogP contribution in [0.2, 0.25) is 0 Å². The molecule has 0 aliphatic carbocycles. The monoisotopic (exact) mass is 272 g/mol. The normalized spacial score (nSPS) is 23.6. The van der Waals surface area contributed by atoms with Crippen molar-refractivity contribution < 1.29 is 15.0 Å². The van der Waals surface area contributed by atoms with Gasteiger partial charge in [0.15, 0.2) is 0 Å². The largest absolute Gasteiger partial charge is 0.396 e. The third-order valence-corrected chi connectivity index (χ3v) is 3.66. The number of carbonyl (C=O) groups excluding carboxylic acids is 1. The molecular formula is C14H28N2O3. The Labute approximate surface area is 116 Å². The second-order valence-corrected chi connectivity index (χ2v) is 5.39. The molecule has 19 heavy (non-hydrogen) atoms. The molecule has 0 spiro atoms. The van der Waals surface area contributed by atoms with Crippen molar-refractivity contribution in [2.75, 3.05) is 32.8 Å². The Hall–Kier alpha value is -0.650. The number of hydrogen-bond acceptors (Lipinski definition) is 4. The number of nitrogens with zero attached hydrogens (tertiary/aromatic N) is 1. The summed E-state index contributed by atoms with van der Waals surface area (Å²) in [5.41, 5.74) is 0. The Kier molecular flexibility index (Phi) is 8.02. The van der Waals surface area contributed by atoms with Gasteiger partial charge < -0.3 is 20.4 Å². The number of hydrogen-bond donors (Lipinski definition) is 3. The average molecular weight is 272 g/mol. The highest BCUT2D eigenvalue weighted by molar-refractivity contribution is 5.76. The maximum Gasteiger partial charge on any atom is 0.222 e. The van der Waals surface area contributed by atoms with Crippen molar-refractivity contribution >= 4 is 5.91 Å². The van der Waals surface area contributed by atoms with Crippen LogP contribution in [-0.4, -0.2) is 59.9 Å². The van der Waals surface area contributed by atoms with Crippen LogP contribution in [-0.2, 0) is 4.79 Å². The zero-order chi connectivity index (χ0) is 14.1. The number of aliphatic hydroxyl groups is 2. The summed E-state index contributed by atoms with van der Waals surface area (Å²) in [6.07, 6.45) is 3.98. The molecule has 1 aliphatic rings. The molecule has 0 aromatic heterocycles. The lowest BCUT2D eigenvalue weighted by atomic mass is 9.91. The minimum absolute atomic E-state index is 0.184. The van der Waals surface area contributed by atoms with E-state index in [0.29, 0.717) is 12.3 Å². The van der Waals surface area contributed by atoms with E-state index < -0.39 is 0 Å². The zero-order valence-corrected chi connectivity index (χ0v) is 12.0. The lowest BCUT2D eigenvalue weighted by molar-refractivity contribution is -0.133. The molecule has 3 N–H and O–H groups in total. The molecule has 0 saturated carbocycles. The standard InChI is InChI=1S/C14H28N2O3/c1-2-4-14(19)16-10-12(5-8-18)9-13(11-16)15-6-3-7-17/h12-13,15,17-18H,2-11H2,1H3. The fourth-order valence-electron chi connectivity index (χ4n) is 2.70. The van der Waals surface area contributed by atoms with Gasteiger partial charge in [0.1, 0.15) is 0 Å². The van der Waals surface area contributed by atoms with E-state index in [1.54, 1.807) is 0 Å². The molecule has 0 aromatic rings. The number of piperidine rings is 1. The van der Waals surface area contributed by atoms with Crippen molar-refractivity contribution in [3.05, 3.63) is 0 Å². The van der Waals surface area contributed by atoms with Crippen LogP contribution < -0.4 is 5.32 Å². The van der Waals surface area contributed by atoms with Crippen molar-refractivity contribution in [1.29, 1.82) is 0 Å². The molecule has 5 heteroatoms. The van der Waals surface area contributed by atoms with Gasteiger partial charge in [-0.2, -0.15) is 0 Å². The minimum Gasteiger partial charge on any atom is -0.396 e. The first-order chi connectivity index (χ1) is 9.21. The molecule has 1 fully saturated rings. The van der Waals surface area contributed by atoms with Gasteiger partial charge in [0.25, 0.3) is 0 Å². The van der Waals surface area contributed by atoms with Gasteiger partial charge >= 0.3 is 0 Å². The molecule has 5 nitrogen and oxygen atoms in total. The highest BCUT2D eigenvalue weighted by atomic mass is 16.3. The van der Waals surface area contributed by atoms with Crippen molar-refractivity contribution in [2.24, 2.45) is 5.92 Å². The molecule has 112 valence electrons. The van der Waals surface area contributed by atoms with Crippen molar-refractivity contribution in [2.45, 2.75) is 45.1 Å². The summed E-state index contributed by atoms with van der Waals surface area (Å²) >= 11 is 0. The lowest BCUT2D eigenvalue weighted by Crippen LogP contribution is -2.51. The molecule has 1 aliphatic heterocycles. The fraction of sp³-hybridized carbons (Fsp3) is 0.929. The van der Waals surface area contributed by atoms with E-state index in [1.807, 2.05) is 11.8 Å². The molecule has 1 saturated heterocycles. The average Bonchev–Trinajstić information content (AvgIpc) is 2.39. The number of carbonyl (C=O) groups is 1. The Morgan fingerprint density at radius 2 is 2.11 bits per heavy atom. The number of amides is 1. The summed E-state index contributed by atoms with van der Waals surface area (Å²) in [5.74, 6) is 0.602. The summed E-state index contributed by atoms with van der Waals surface area (Å²) in [5, 5.41) is 21.3. The van der Waals surface area contributed by atoms with Gasteiger partial charge in [0.05, 0.1) is 0 Å².